The van der Waals surface area contributed by atoms with Crippen molar-refractivity contribution in [3.63, 3.8) is 0 Å². The summed E-state index contributed by atoms with van der Waals surface area (Å²) in [7, 11) is 0. The van der Waals surface area contributed by atoms with Crippen LogP contribution in [-0.2, 0) is 11.3 Å². The topological polar surface area (TPSA) is 85.2 Å². The maximum Gasteiger partial charge on any atom is 0.315 e. The summed E-state index contributed by atoms with van der Waals surface area (Å²) in [5, 5.41) is 14.2. The first kappa shape index (κ1) is 17.8. The molecule has 1 aromatic rings. The zero-order valence-corrected chi connectivity index (χ0v) is 14.2. The third kappa shape index (κ3) is 4.72. The molecule has 0 spiro atoms. The standard InChI is InChI=1S/C18H24N4O2/c1-13-5-3-4-10-22(13)17(23)14(2)21-18(24)20-12-16-8-6-15(11-19)7-9-16/h6-9,13-14H,3-5,10,12H2,1-2H3,(H2,20,21,24)/t13-,14-/m0/s1. The van der Waals surface area contributed by atoms with E-state index in [-0.39, 0.29) is 18.0 Å². The molecule has 24 heavy (non-hydrogen) atoms. The van der Waals surface area contributed by atoms with Gasteiger partial charge in [-0.15, -0.1) is 0 Å². The number of rotatable bonds is 4. The average molecular weight is 328 g/mol. The van der Waals surface area contributed by atoms with Gasteiger partial charge in [0.25, 0.3) is 0 Å². The molecular formula is C18H24N4O2. The molecule has 0 radical (unpaired) electrons. The van der Waals surface area contributed by atoms with Crippen LogP contribution in [0.5, 0.6) is 0 Å². The fraction of sp³-hybridized carbons (Fsp3) is 0.500. The van der Waals surface area contributed by atoms with E-state index in [4.69, 9.17) is 5.26 Å². The SMILES string of the molecule is C[C@H](NC(=O)NCc1ccc(C#N)cc1)C(=O)N1CCCC[C@@H]1C. The smallest absolute Gasteiger partial charge is 0.315 e. The van der Waals surface area contributed by atoms with Crippen molar-refractivity contribution < 1.29 is 9.59 Å². The molecule has 1 aromatic carbocycles. The summed E-state index contributed by atoms with van der Waals surface area (Å²) in [5.41, 5.74) is 1.48. The van der Waals surface area contributed by atoms with Crippen LogP contribution in [0.3, 0.4) is 0 Å². The number of amides is 3. The molecule has 128 valence electrons. The predicted octanol–water partition coefficient (Wildman–Crippen LogP) is 2.15. The van der Waals surface area contributed by atoms with Crippen molar-refractivity contribution in [3.05, 3.63) is 35.4 Å². The summed E-state index contributed by atoms with van der Waals surface area (Å²) in [4.78, 5) is 26.3. The maximum absolute atomic E-state index is 12.4. The van der Waals surface area contributed by atoms with Crippen molar-refractivity contribution in [1.82, 2.24) is 15.5 Å². The van der Waals surface area contributed by atoms with E-state index in [9.17, 15) is 9.59 Å². The highest BCUT2D eigenvalue weighted by Gasteiger charge is 2.27. The first-order chi connectivity index (χ1) is 11.5. The lowest BCUT2D eigenvalue weighted by molar-refractivity contribution is -0.136. The molecule has 1 fully saturated rings. The second-order valence-corrected chi connectivity index (χ2v) is 6.23. The van der Waals surface area contributed by atoms with Crippen LogP contribution in [0.2, 0.25) is 0 Å². The number of hydrogen-bond acceptors (Lipinski definition) is 3. The van der Waals surface area contributed by atoms with Gasteiger partial charge in [-0.2, -0.15) is 5.26 Å². The average Bonchev–Trinajstić information content (AvgIpc) is 2.60. The zero-order valence-electron chi connectivity index (χ0n) is 14.2. The zero-order chi connectivity index (χ0) is 17.5. The molecule has 0 unspecified atom stereocenters. The molecule has 6 nitrogen and oxygen atoms in total. The normalized spacial score (nSPS) is 18.4. The Hall–Kier alpha value is -2.55. The molecule has 2 N–H and O–H groups in total. The van der Waals surface area contributed by atoms with E-state index >= 15 is 0 Å². The molecule has 3 amide bonds. The Bertz CT molecular complexity index is 621. The van der Waals surface area contributed by atoms with E-state index < -0.39 is 6.04 Å². The van der Waals surface area contributed by atoms with Gasteiger partial charge in [0.1, 0.15) is 6.04 Å². The van der Waals surface area contributed by atoms with Gasteiger partial charge in [0.2, 0.25) is 5.91 Å². The van der Waals surface area contributed by atoms with Crippen LogP contribution in [0, 0.1) is 11.3 Å². The van der Waals surface area contributed by atoms with E-state index in [0.717, 1.165) is 31.4 Å². The number of likely N-dealkylation sites (tertiary alicyclic amines) is 1. The lowest BCUT2D eigenvalue weighted by Crippen LogP contribution is -2.53. The molecule has 0 aliphatic carbocycles. The third-order valence-electron chi connectivity index (χ3n) is 4.34. The number of nitrogens with zero attached hydrogens (tertiary/aromatic N) is 2. The number of carbonyl (C=O) groups excluding carboxylic acids is 2. The van der Waals surface area contributed by atoms with Gasteiger partial charge in [-0.25, -0.2) is 4.79 Å². The molecule has 1 saturated heterocycles. The van der Waals surface area contributed by atoms with Gasteiger partial charge in [-0.05, 0) is 50.8 Å². The lowest BCUT2D eigenvalue weighted by Gasteiger charge is -2.35. The molecule has 2 rings (SSSR count). The molecule has 0 saturated carbocycles. The minimum absolute atomic E-state index is 0.0317. The molecule has 2 atom stereocenters. The van der Waals surface area contributed by atoms with E-state index in [2.05, 4.69) is 23.6 Å². The third-order valence-corrected chi connectivity index (χ3v) is 4.34. The molecule has 1 aliphatic rings. The highest BCUT2D eigenvalue weighted by Crippen LogP contribution is 2.17. The molecule has 1 heterocycles. The van der Waals surface area contributed by atoms with Crippen molar-refractivity contribution >= 4 is 11.9 Å². The quantitative estimate of drug-likeness (QED) is 0.888. The molecule has 6 heteroatoms. The van der Waals surface area contributed by atoms with Gasteiger partial charge in [-0.1, -0.05) is 12.1 Å². The fourth-order valence-corrected chi connectivity index (χ4v) is 2.86. The summed E-state index contributed by atoms with van der Waals surface area (Å²) in [6.45, 7) is 4.87. The van der Waals surface area contributed by atoms with Crippen molar-refractivity contribution in [3.8, 4) is 6.07 Å². The second kappa shape index (κ2) is 8.34. The highest BCUT2D eigenvalue weighted by atomic mass is 16.2. The Labute approximate surface area is 142 Å². The molecular weight excluding hydrogens is 304 g/mol. The van der Waals surface area contributed by atoms with Gasteiger partial charge in [0.05, 0.1) is 11.6 Å². The maximum atomic E-state index is 12.4. The largest absolute Gasteiger partial charge is 0.338 e. The first-order valence-corrected chi connectivity index (χ1v) is 8.35. The summed E-state index contributed by atoms with van der Waals surface area (Å²) >= 11 is 0. The minimum atomic E-state index is -0.550. The Balaban J connectivity index is 1.80. The van der Waals surface area contributed by atoms with Crippen molar-refractivity contribution in [2.75, 3.05) is 6.54 Å². The fourth-order valence-electron chi connectivity index (χ4n) is 2.86. The monoisotopic (exact) mass is 328 g/mol. The lowest BCUT2D eigenvalue weighted by atomic mass is 10.0. The van der Waals surface area contributed by atoms with E-state index in [1.54, 1.807) is 31.2 Å². The van der Waals surface area contributed by atoms with E-state index in [1.165, 1.54) is 0 Å². The summed E-state index contributed by atoms with van der Waals surface area (Å²) in [6, 6.07) is 8.37. The Morgan fingerprint density at radius 2 is 2.04 bits per heavy atom. The van der Waals surface area contributed by atoms with Crippen LogP contribution in [0.4, 0.5) is 4.79 Å². The Morgan fingerprint density at radius 1 is 1.33 bits per heavy atom. The van der Waals surface area contributed by atoms with Crippen LogP contribution < -0.4 is 10.6 Å². The van der Waals surface area contributed by atoms with Crippen LogP contribution >= 0.6 is 0 Å². The second-order valence-electron chi connectivity index (χ2n) is 6.23. The highest BCUT2D eigenvalue weighted by molar-refractivity contribution is 5.87. The number of nitriles is 1. The number of urea groups is 1. The van der Waals surface area contributed by atoms with Crippen LogP contribution in [0.15, 0.2) is 24.3 Å². The van der Waals surface area contributed by atoms with Crippen LogP contribution in [0.25, 0.3) is 0 Å². The number of carbonyl (C=O) groups is 2. The van der Waals surface area contributed by atoms with Crippen LogP contribution in [0.1, 0.15) is 44.2 Å². The van der Waals surface area contributed by atoms with Crippen molar-refractivity contribution in [1.29, 1.82) is 5.26 Å². The van der Waals surface area contributed by atoms with Gasteiger partial charge < -0.3 is 15.5 Å². The molecule has 1 aliphatic heterocycles. The number of piperidine rings is 1. The minimum Gasteiger partial charge on any atom is -0.338 e. The summed E-state index contributed by atoms with van der Waals surface area (Å²) < 4.78 is 0. The predicted molar refractivity (Wildman–Crippen MR) is 91.0 cm³/mol. The summed E-state index contributed by atoms with van der Waals surface area (Å²) in [6.07, 6.45) is 3.19. The Morgan fingerprint density at radius 3 is 2.67 bits per heavy atom. The number of hydrogen-bond donors (Lipinski definition) is 2. The van der Waals surface area contributed by atoms with E-state index in [0.29, 0.717) is 12.1 Å². The number of benzene rings is 1. The summed E-state index contributed by atoms with van der Waals surface area (Å²) in [5.74, 6) is -0.0317. The van der Waals surface area contributed by atoms with Crippen molar-refractivity contribution in [2.24, 2.45) is 0 Å². The van der Waals surface area contributed by atoms with Crippen molar-refractivity contribution in [2.45, 2.75) is 51.7 Å². The van der Waals surface area contributed by atoms with Gasteiger partial charge >= 0.3 is 6.03 Å². The number of nitrogens with one attached hydrogen (secondary N) is 2. The van der Waals surface area contributed by atoms with Crippen LogP contribution in [-0.4, -0.2) is 35.5 Å². The Kier molecular flexibility index (Phi) is 6.19. The van der Waals surface area contributed by atoms with E-state index in [1.807, 2.05) is 4.90 Å². The molecule has 0 aromatic heterocycles. The van der Waals surface area contributed by atoms with Gasteiger partial charge in [0, 0.05) is 19.1 Å². The first-order valence-electron chi connectivity index (χ1n) is 8.35. The van der Waals surface area contributed by atoms with Gasteiger partial charge in [0.15, 0.2) is 0 Å². The van der Waals surface area contributed by atoms with Gasteiger partial charge in [-0.3, -0.25) is 4.79 Å². The molecule has 0 bridgehead atoms.